The Hall–Kier alpha value is -2.83. The third-order valence-electron chi connectivity index (χ3n) is 4.87. The van der Waals surface area contributed by atoms with Crippen molar-refractivity contribution in [2.75, 3.05) is 37.0 Å². The van der Waals surface area contributed by atoms with Crippen LogP contribution in [0.15, 0.2) is 24.3 Å². The smallest absolute Gasteiger partial charge is 0.262 e. The fourth-order valence-corrected chi connectivity index (χ4v) is 3.19. The first-order valence-electron chi connectivity index (χ1n) is 9.62. The molecule has 0 radical (unpaired) electrons. The minimum absolute atomic E-state index is 0.135. The first kappa shape index (κ1) is 19.9. The number of aryl methyl sites for hydroxylation is 2. The molecule has 2 heterocycles. The first-order valence-corrected chi connectivity index (χ1v) is 9.62. The van der Waals surface area contributed by atoms with E-state index in [0.29, 0.717) is 23.3 Å². The summed E-state index contributed by atoms with van der Waals surface area (Å²) in [7, 11) is 1.57. The largest absolute Gasteiger partial charge is 0.495 e. The fourth-order valence-electron chi connectivity index (χ4n) is 3.19. The molecule has 150 valence electrons. The molecule has 2 aromatic rings. The zero-order valence-electron chi connectivity index (χ0n) is 17.0. The summed E-state index contributed by atoms with van der Waals surface area (Å²) < 4.78 is 10.9. The van der Waals surface area contributed by atoms with Crippen molar-refractivity contribution in [3.63, 3.8) is 0 Å². The van der Waals surface area contributed by atoms with Crippen LogP contribution in [-0.4, -0.2) is 42.7 Å². The number of methoxy groups -OCH3 is 1. The number of hydrogen-bond donors (Lipinski definition) is 1. The topological polar surface area (TPSA) is 76.6 Å². The number of benzene rings is 1. The molecule has 0 aliphatic carbocycles. The van der Waals surface area contributed by atoms with Crippen molar-refractivity contribution in [2.24, 2.45) is 5.92 Å². The lowest BCUT2D eigenvalue weighted by Gasteiger charge is -2.30. The van der Waals surface area contributed by atoms with Gasteiger partial charge in [-0.15, -0.1) is 0 Å². The van der Waals surface area contributed by atoms with Crippen LogP contribution in [-0.2, 0) is 4.79 Å². The van der Waals surface area contributed by atoms with Gasteiger partial charge in [-0.1, -0.05) is 13.0 Å². The number of rotatable bonds is 6. The van der Waals surface area contributed by atoms with E-state index in [-0.39, 0.29) is 12.5 Å². The van der Waals surface area contributed by atoms with Crippen LogP contribution in [0.5, 0.6) is 11.6 Å². The number of aromatic nitrogens is 2. The average Bonchev–Trinajstić information content (AvgIpc) is 2.67. The van der Waals surface area contributed by atoms with Crippen molar-refractivity contribution < 1.29 is 14.3 Å². The summed E-state index contributed by atoms with van der Waals surface area (Å²) in [5.74, 6) is 2.15. The Balaban J connectivity index is 1.63. The zero-order valence-corrected chi connectivity index (χ0v) is 17.0. The zero-order chi connectivity index (χ0) is 20.1. The molecule has 1 fully saturated rings. The highest BCUT2D eigenvalue weighted by atomic mass is 16.5. The third-order valence-corrected chi connectivity index (χ3v) is 4.87. The van der Waals surface area contributed by atoms with E-state index in [2.05, 4.69) is 27.1 Å². The molecular weight excluding hydrogens is 356 g/mol. The Labute approximate surface area is 166 Å². The molecule has 1 aliphatic rings. The molecule has 0 saturated carbocycles. The number of amides is 1. The van der Waals surface area contributed by atoms with Crippen molar-refractivity contribution >= 4 is 17.5 Å². The molecule has 1 saturated heterocycles. The van der Waals surface area contributed by atoms with Gasteiger partial charge in [0.2, 0.25) is 11.8 Å². The molecular formula is C21H28N4O3. The Morgan fingerprint density at radius 1 is 1.21 bits per heavy atom. The van der Waals surface area contributed by atoms with Gasteiger partial charge in [-0.05, 0) is 50.3 Å². The summed E-state index contributed by atoms with van der Waals surface area (Å²) in [5, 5.41) is 2.83. The van der Waals surface area contributed by atoms with E-state index >= 15 is 0 Å². The van der Waals surface area contributed by atoms with Crippen LogP contribution in [0.25, 0.3) is 0 Å². The molecule has 7 heteroatoms. The minimum Gasteiger partial charge on any atom is -0.495 e. The van der Waals surface area contributed by atoms with Crippen LogP contribution in [0.3, 0.4) is 0 Å². The maximum absolute atomic E-state index is 12.3. The van der Waals surface area contributed by atoms with Gasteiger partial charge in [0.1, 0.15) is 5.75 Å². The number of piperidine rings is 1. The number of nitrogens with zero attached hydrogens (tertiary/aromatic N) is 3. The number of carbonyl (C=O) groups excluding carboxylic acids is 1. The van der Waals surface area contributed by atoms with Crippen LogP contribution >= 0.6 is 0 Å². The highest BCUT2D eigenvalue weighted by Crippen LogP contribution is 2.25. The maximum atomic E-state index is 12.3. The Morgan fingerprint density at radius 2 is 1.96 bits per heavy atom. The molecule has 1 N–H and O–H groups in total. The average molecular weight is 384 g/mol. The fraction of sp³-hybridized carbons (Fsp3) is 0.476. The second-order valence-electron chi connectivity index (χ2n) is 7.36. The van der Waals surface area contributed by atoms with E-state index in [1.54, 1.807) is 13.2 Å². The van der Waals surface area contributed by atoms with Crippen molar-refractivity contribution in [2.45, 2.75) is 33.6 Å². The van der Waals surface area contributed by atoms with Crippen LogP contribution in [0.1, 0.15) is 31.0 Å². The highest BCUT2D eigenvalue weighted by molar-refractivity contribution is 5.93. The molecule has 1 aromatic heterocycles. The van der Waals surface area contributed by atoms with Crippen LogP contribution in [0.2, 0.25) is 0 Å². The van der Waals surface area contributed by atoms with Crippen LogP contribution in [0, 0.1) is 19.8 Å². The molecule has 1 aromatic carbocycles. The molecule has 1 amide bonds. The van der Waals surface area contributed by atoms with E-state index < -0.39 is 0 Å². The number of nitrogens with one attached hydrogen (secondary N) is 1. The van der Waals surface area contributed by atoms with Gasteiger partial charge >= 0.3 is 0 Å². The second-order valence-corrected chi connectivity index (χ2v) is 7.36. The summed E-state index contributed by atoms with van der Waals surface area (Å²) in [6, 6.07) is 7.36. The van der Waals surface area contributed by atoms with Crippen molar-refractivity contribution in [3.8, 4) is 11.6 Å². The van der Waals surface area contributed by atoms with Gasteiger partial charge in [0.05, 0.1) is 12.8 Å². The van der Waals surface area contributed by atoms with Crippen molar-refractivity contribution in [3.05, 3.63) is 35.5 Å². The quantitative estimate of drug-likeness (QED) is 0.823. The molecule has 0 unspecified atom stereocenters. The van der Waals surface area contributed by atoms with E-state index in [1.807, 2.05) is 32.0 Å². The van der Waals surface area contributed by atoms with E-state index in [4.69, 9.17) is 9.47 Å². The van der Waals surface area contributed by atoms with Gasteiger partial charge in [-0.25, -0.2) is 4.98 Å². The summed E-state index contributed by atoms with van der Waals surface area (Å²) in [4.78, 5) is 23.5. The number of carbonyl (C=O) groups is 1. The molecule has 0 spiro atoms. The summed E-state index contributed by atoms with van der Waals surface area (Å²) in [6.07, 6.45) is 2.27. The lowest BCUT2D eigenvalue weighted by Crippen LogP contribution is -2.34. The molecule has 7 nitrogen and oxygen atoms in total. The number of ether oxygens (including phenoxy) is 2. The molecule has 0 atom stereocenters. The van der Waals surface area contributed by atoms with Gasteiger partial charge in [0, 0.05) is 24.8 Å². The molecule has 0 bridgehead atoms. The first-order chi connectivity index (χ1) is 13.4. The predicted molar refractivity (Wildman–Crippen MR) is 109 cm³/mol. The van der Waals surface area contributed by atoms with Crippen molar-refractivity contribution in [1.82, 2.24) is 9.97 Å². The highest BCUT2D eigenvalue weighted by Gasteiger charge is 2.19. The van der Waals surface area contributed by atoms with Gasteiger partial charge in [0.15, 0.2) is 6.61 Å². The van der Waals surface area contributed by atoms with Crippen LogP contribution in [0.4, 0.5) is 11.6 Å². The predicted octanol–water partition coefficient (Wildman–Crippen LogP) is 3.36. The Morgan fingerprint density at radius 3 is 2.68 bits per heavy atom. The third kappa shape index (κ3) is 5.12. The summed E-state index contributed by atoms with van der Waals surface area (Å²) >= 11 is 0. The Bertz CT molecular complexity index is 832. The number of hydrogen-bond acceptors (Lipinski definition) is 6. The van der Waals surface area contributed by atoms with Gasteiger partial charge < -0.3 is 19.7 Å². The summed E-state index contributed by atoms with van der Waals surface area (Å²) in [6.45, 7) is 7.88. The molecule has 28 heavy (non-hydrogen) atoms. The van der Waals surface area contributed by atoms with E-state index in [9.17, 15) is 4.79 Å². The van der Waals surface area contributed by atoms with Gasteiger partial charge in [0.25, 0.3) is 5.91 Å². The Kier molecular flexibility index (Phi) is 6.34. The van der Waals surface area contributed by atoms with E-state index in [1.165, 1.54) is 0 Å². The monoisotopic (exact) mass is 384 g/mol. The van der Waals surface area contributed by atoms with E-state index in [0.717, 1.165) is 43.1 Å². The second kappa shape index (κ2) is 8.91. The number of anilines is 2. The maximum Gasteiger partial charge on any atom is 0.262 e. The lowest BCUT2D eigenvalue weighted by atomic mass is 10.00. The minimum atomic E-state index is -0.270. The molecule has 3 rings (SSSR count). The standard InChI is InChI=1S/C21H28N4O3/c1-14-7-9-25(10-8-14)21-22-16(3)12-20(24-21)28-13-19(26)23-17-11-15(2)5-6-18(17)27-4/h5-6,11-12,14H,7-10,13H2,1-4H3,(H,23,26). The molecule has 1 aliphatic heterocycles. The van der Waals surface area contributed by atoms with Crippen LogP contribution < -0.4 is 19.7 Å². The lowest BCUT2D eigenvalue weighted by molar-refractivity contribution is -0.118. The van der Waals surface area contributed by atoms with Gasteiger partial charge in [-0.2, -0.15) is 4.98 Å². The summed E-state index contributed by atoms with van der Waals surface area (Å²) in [5.41, 5.74) is 2.47. The normalized spacial score (nSPS) is 14.6. The SMILES string of the molecule is COc1ccc(C)cc1NC(=O)COc1cc(C)nc(N2CCC(C)CC2)n1. The van der Waals surface area contributed by atoms with Gasteiger partial charge in [-0.3, -0.25) is 4.79 Å². The van der Waals surface area contributed by atoms with Crippen molar-refractivity contribution in [1.29, 1.82) is 0 Å².